The number of H-pyrrole nitrogens is 1. The van der Waals surface area contributed by atoms with Crippen LogP contribution in [0.3, 0.4) is 0 Å². The fourth-order valence-corrected chi connectivity index (χ4v) is 2.91. The van der Waals surface area contributed by atoms with Crippen LogP contribution in [0.25, 0.3) is 5.70 Å². The van der Waals surface area contributed by atoms with Crippen LogP contribution in [0.2, 0.25) is 0 Å². The predicted molar refractivity (Wildman–Crippen MR) is 100 cm³/mol. The largest absolute Gasteiger partial charge is 0.425 e. The first kappa shape index (κ1) is 18.4. The van der Waals surface area contributed by atoms with Crippen molar-refractivity contribution in [3.8, 4) is 11.8 Å². The number of para-hydroxylation sites is 1. The number of ether oxygens (including phenoxy) is 2. The second-order valence-corrected chi connectivity index (χ2v) is 6.59. The summed E-state index contributed by atoms with van der Waals surface area (Å²) in [6.45, 7) is 8.56. The number of aromatic nitrogens is 3. The van der Waals surface area contributed by atoms with E-state index < -0.39 is 0 Å². The summed E-state index contributed by atoms with van der Waals surface area (Å²) in [7, 11) is 0. The van der Waals surface area contributed by atoms with Crippen molar-refractivity contribution in [3.63, 3.8) is 0 Å². The third-order valence-electron chi connectivity index (χ3n) is 4.29. The minimum Gasteiger partial charge on any atom is -0.425 e. The number of nitrogens with one attached hydrogen (secondary N) is 1. The van der Waals surface area contributed by atoms with Crippen LogP contribution in [0.4, 0.5) is 0 Å². The van der Waals surface area contributed by atoms with Crippen LogP contribution in [0.1, 0.15) is 20.3 Å². The lowest BCUT2D eigenvalue weighted by Crippen LogP contribution is -2.36. The molecule has 2 aromatic rings. The Morgan fingerprint density at radius 2 is 2.04 bits per heavy atom. The molecule has 0 unspecified atom stereocenters. The van der Waals surface area contributed by atoms with E-state index in [9.17, 15) is 4.79 Å². The average Bonchev–Trinajstić information content (AvgIpc) is 3.00. The lowest BCUT2D eigenvalue weighted by molar-refractivity contribution is 0.0387. The van der Waals surface area contributed by atoms with E-state index in [1.165, 1.54) is 4.68 Å². The highest BCUT2D eigenvalue weighted by molar-refractivity contribution is 5.45. The van der Waals surface area contributed by atoms with Crippen molar-refractivity contribution in [1.82, 2.24) is 19.7 Å². The van der Waals surface area contributed by atoms with Gasteiger partial charge in [-0.15, -0.1) is 5.10 Å². The molecule has 7 nitrogen and oxygen atoms in total. The summed E-state index contributed by atoms with van der Waals surface area (Å²) in [5.41, 5.74) is 0.588. The number of hydrogen-bond donors (Lipinski definition) is 1. The van der Waals surface area contributed by atoms with Crippen LogP contribution in [-0.4, -0.2) is 52.5 Å². The van der Waals surface area contributed by atoms with Gasteiger partial charge in [-0.25, -0.2) is 4.79 Å². The first-order valence-corrected chi connectivity index (χ1v) is 9.06. The Balaban J connectivity index is 1.71. The number of nitrogens with zero attached hydrogens (tertiary/aromatic N) is 3. The lowest BCUT2D eigenvalue weighted by atomic mass is 10.1. The quantitative estimate of drug-likeness (QED) is 0.824. The maximum absolute atomic E-state index is 12.3. The second kappa shape index (κ2) is 8.82. The van der Waals surface area contributed by atoms with Crippen LogP contribution >= 0.6 is 0 Å². The van der Waals surface area contributed by atoms with Gasteiger partial charge < -0.3 is 9.47 Å². The van der Waals surface area contributed by atoms with Crippen molar-refractivity contribution >= 4 is 5.70 Å². The fraction of sp³-hybridized carbons (Fsp3) is 0.474. The Bertz CT molecular complexity index is 774. The van der Waals surface area contributed by atoms with Gasteiger partial charge >= 0.3 is 11.7 Å². The van der Waals surface area contributed by atoms with Gasteiger partial charge in [0, 0.05) is 25.3 Å². The maximum Gasteiger partial charge on any atom is 0.350 e. The van der Waals surface area contributed by atoms with Crippen molar-refractivity contribution in [2.75, 3.05) is 32.8 Å². The lowest BCUT2D eigenvalue weighted by Gasteiger charge is -2.26. The zero-order valence-corrected chi connectivity index (χ0v) is 15.4. The van der Waals surface area contributed by atoms with Crippen molar-refractivity contribution in [1.29, 1.82) is 0 Å². The zero-order chi connectivity index (χ0) is 18.4. The van der Waals surface area contributed by atoms with Gasteiger partial charge in [0.05, 0.1) is 13.2 Å². The fourth-order valence-electron chi connectivity index (χ4n) is 2.91. The maximum atomic E-state index is 12.3. The molecule has 0 bridgehead atoms. The molecule has 0 aliphatic carbocycles. The normalized spacial score (nSPS) is 16.2. The summed E-state index contributed by atoms with van der Waals surface area (Å²) in [4.78, 5) is 17.4. The molecule has 7 heteroatoms. The van der Waals surface area contributed by atoms with Gasteiger partial charge in [-0.3, -0.25) is 9.88 Å². The minimum absolute atomic E-state index is 0.172. The van der Waals surface area contributed by atoms with Crippen molar-refractivity contribution < 1.29 is 9.47 Å². The Morgan fingerprint density at radius 3 is 2.73 bits per heavy atom. The Kier molecular flexibility index (Phi) is 6.25. The monoisotopic (exact) mass is 358 g/mol. The highest BCUT2D eigenvalue weighted by Gasteiger charge is 2.15. The van der Waals surface area contributed by atoms with Gasteiger partial charge in [0.2, 0.25) is 0 Å². The summed E-state index contributed by atoms with van der Waals surface area (Å²) < 4.78 is 12.4. The third-order valence-corrected chi connectivity index (χ3v) is 4.29. The summed E-state index contributed by atoms with van der Waals surface area (Å²) in [6.07, 6.45) is 2.95. The van der Waals surface area contributed by atoms with E-state index >= 15 is 0 Å². The number of rotatable bonds is 7. The molecule has 2 heterocycles. The second-order valence-electron chi connectivity index (χ2n) is 6.59. The topological polar surface area (TPSA) is 72.4 Å². The van der Waals surface area contributed by atoms with Crippen molar-refractivity contribution in [2.45, 2.75) is 20.3 Å². The molecule has 0 atom stereocenters. The van der Waals surface area contributed by atoms with E-state index in [1.807, 2.05) is 30.3 Å². The molecule has 3 rings (SSSR count). The Hall–Kier alpha value is -2.38. The summed E-state index contributed by atoms with van der Waals surface area (Å²) in [6, 6.07) is 9.48. The van der Waals surface area contributed by atoms with E-state index in [4.69, 9.17) is 9.47 Å². The molecule has 1 aromatic carbocycles. The molecular formula is C19H26N4O3. The number of aromatic amines is 1. The number of morpholine rings is 1. The molecule has 26 heavy (non-hydrogen) atoms. The van der Waals surface area contributed by atoms with Crippen molar-refractivity contribution in [3.05, 3.63) is 46.9 Å². The van der Waals surface area contributed by atoms with Gasteiger partial charge in [0.15, 0.2) is 0 Å². The molecule has 140 valence electrons. The molecule has 1 aliphatic rings. The standard InChI is InChI=1S/C19H26N4O3/c1-15(2)17(9-6-10-22-11-13-25-14-12-22)23-19(24)20-18(21-23)26-16-7-4-3-5-8-16/h3-5,7-9,15H,6,10-14H2,1-2H3,(H,20,21,24)/b17-9+. The van der Waals surface area contributed by atoms with Gasteiger partial charge in [-0.1, -0.05) is 38.1 Å². The molecule has 1 aliphatic heterocycles. The molecular weight excluding hydrogens is 332 g/mol. The Morgan fingerprint density at radius 1 is 1.31 bits per heavy atom. The van der Waals surface area contributed by atoms with Gasteiger partial charge in [-0.05, 0) is 24.5 Å². The predicted octanol–water partition coefficient (Wildman–Crippen LogP) is 2.58. The number of benzene rings is 1. The van der Waals surface area contributed by atoms with Crippen LogP contribution in [-0.2, 0) is 4.74 Å². The molecule has 0 spiro atoms. The van der Waals surface area contributed by atoms with Crippen LogP contribution in [0, 0.1) is 5.92 Å². The smallest absolute Gasteiger partial charge is 0.350 e. The van der Waals surface area contributed by atoms with Gasteiger partial charge in [-0.2, -0.15) is 4.68 Å². The molecule has 1 saturated heterocycles. The third kappa shape index (κ3) is 4.83. The molecule has 0 saturated carbocycles. The van der Waals surface area contributed by atoms with E-state index in [0.29, 0.717) is 5.75 Å². The number of hydrogen-bond acceptors (Lipinski definition) is 5. The van der Waals surface area contributed by atoms with E-state index in [1.54, 1.807) is 0 Å². The molecule has 1 aromatic heterocycles. The highest BCUT2D eigenvalue weighted by atomic mass is 16.5. The molecule has 0 amide bonds. The number of allylic oxidation sites excluding steroid dienone is 1. The van der Waals surface area contributed by atoms with E-state index in [2.05, 4.69) is 34.9 Å². The van der Waals surface area contributed by atoms with Crippen molar-refractivity contribution in [2.24, 2.45) is 5.92 Å². The molecule has 1 N–H and O–H groups in total. The SMILES string of the molecule is CC(C)/C(=C\CCN1CCOCC1)n1nc(Oc2ccccc2)[nH]c1=O. The van der Waals surface area contributed by atoms with E-state index in [0.717, 1.165) is 45.0 Å². The summed E-state index contributed by atoms with van der Waals surface area (Å²) in [5, 5.41) is 4.32. The first-order chi connectivity index (χ1) is 12.6. The molecule has 0 radical (unpaired) electrons. The van der Waals surface area contributed by atoms with E-state index in [-0.39, 0.29) is 17.6 Å². The summed E-state index contributed by atoms with van der Waals surface area (Å²) >= 11 is 0. The highest BCUT2D eigenvalue weighted by Crippen LogP contribution is 2.19. The summed E-state index contributed by atoms with van der Waals surface area (Å²) in [5.74, 6) is 0.807. The van der Waals surface area contributed by atoms with Crippen LogP contribution in [0.15, 0.2) is 41.2 Å². The minimum atomic E-state index is -0.290. The first-order valence-electron chi connectivity index (χ1n) is 9.06. The van der Waals surface area contributed by atoms with Gasteiger partial charge in [0.25, 0.3) is 0 Å². The Labute approximate surface area is 153 Å². The molecule has 1 fully saturated rings. The average molecular weight is 358 g/mol. The zero-order valence-electron chi connectivity index (χ0n) is 15.4. The van der Waals surface area contributed by atoms with Gasteiger partial charge in [0.1, 0.15) is 5.75 Å². The van der Waals surface area contributed by atoms with Crippen LogP contribution in [0.5, 0.6) is 11.8 Å². The van der Waals surface area contributed by atoms with Crippen LogP contribution < -0.4 is 10.4 Å².